The van der Waals surface area contributed by atoms with Crippen molar-refractivity contribution in [1.82, 2.24) is 0 Å². The largest absolute Gasteiger partial charge is 0.436 e. The Bertz CT molecular complexity index is 1350. The van der Waals surface area contributed by atoms with E-state index < -0.39 is 0 Å². The molecule has 0 atom stereocenters. The van der Waals surface area contributed by atoms with E-state index in [-0.39, 0.29) is 35.2 Å². The van der Waals surface area contributed by atoms with Gasteiger partial charge >= 0.3 is 0 Å². The number of fused-ring (bicyclic) bond motifs is 2. The molecule has 0 unspecified atom stereocenters. The molecule has 0 bridgehead atoms. The van der Waals surface area contributed by atoms with Crippen LogP contribution in [0.1, 0.15) is 96.4 Å². The minimum Gasteiger partial charge on any atom is -0.436 e. The van der Waals surface area contributed by atoms with Gasteiger partial charge in [0, 0.05) is 21.8 Å². The molecule has 2 N–H and O–H groups in total. The van der Waals surface area contributed by atoms with Crippen LogP contribution in [-0.4, -0.2) is 23.7 Å². The van der Waals surface area contributed by atoms with Crippen LogP contribution in [0.15, 0.2) is 43.9 Å². The highest BCUT2D eigenvalue weighted by atomic mass is 32.1. The van der Waals surface area contributed by atoms with Crippen LogP contribution in [0.4, 0.5) is 11.8 Å². The van der Waals surface area contributed by atoms with Crippen LogP contribution in [0.5, 0.6) is 0 Å². The number of carbonyl (C=O) groups is 2. The van der Waals surface area contributed by atoms with Crippen molar-refractivity contribution < 1.29 is 18.4 Å². The Labute approximate surface area is 229 Å². The number of thiophene rings is 2. The number of hydrogen-bond donors (Lipinski definition) is 2. The lowest BCUT2D eigenvalue weighted by molar-refractivity contribution is 0.0945. The third-order valence-corrected chi connectivity index (χ3v) is 9.87. The summed E-state index contributed by atoms with van der Waals surface area (Å²) in [5.41, 5.74) is 2.00. The normalized spacial score (nSPS) is 18.4. The molecule has 0 spiro atoms. The lowest BCUT2D eigenvalue weighted by Crippen LogP contribution is -2.22. The van der Waals surface area contributed by atoms with Gasteiger partial charge in [0.1, 0.15) is 0 Å². The maximum absolute atomic E-state index is 14.1. The molecular weight excluding hydrogens is 516 g/mol. The average Bonchev–Trinajstić information content (AvgIpc) is 3.74. The molecule has 6 nitrogen and oxygen atoms in total. The van der Waals surface area contributed by atoms with E-state index in [2.05, 4.69) is 10.6 Å². The van der Waals surface area contributed by atoms with Crippen molar-refractivity contribution >= 4 is 46.0 Å². The first-order valence-corrected chi connectivity index (χ1v) is 15.5. The van der Waals surface area contributed by atoms with Gasteiger partial charge in [0.15, 0.2) is 11.5 Å². The first kappa shape index (κ1) is 24.0. The molecule has 8 heteroatoms. The smallest absolute Gasteiger partial charge is 0.233 e. The second kappa shape index (κ2) is 9.89. The molecule has 3 aliphatic carbocycles. The number of carbonyl (C=O) groups excluding carboxylic acids is 2. The predicted molar refractivity (Wildman–Crippen MR) is 152 cm³/mol. The molecule has 0 aliphatic heterocycles. The van der Waals surface area contributed by atoms with Gasteiger partial charge in [-0.1, -0.05) is 50.7 Å². The highest BCUT2D eigenvalue weighted by Gasteiger charge is 2.44. The van der Waals surface area contributed by atoms with Gasteiger partial charge in [0.2, 0.25) is 23.3 Å². The standard InChI is InChI=1S/C30H30N2O4S2/c33-25-23-21(19-13-7-15-37-19)29(31-17-9-3-1-4-10-17)35-27(23)26(34)24-22(20-14-8-16-38-20)30(36-28(24)25)32-18-11-5-2-6-12-18/h7-8,13-18,31-32H,1-6,9-12H2. The van der Waals surface area contributed by atoms with Crippen molar-refractivity contribution in [2.75, 3.05) is 10.6 Å². The predicted octanol–water partition coefficient (Wildman–Crippen LogP) is 8.59. The number of hydrogen-bond acceptors (Lipinski definition) is 8. The molecule has 4 heterocycles. The summed E-state index contributed by atoms with van der Waals surface area (Å²) >= 11 is 3.08. The van der Waals surface area contributed by atoms with E-state index in [0.29, 0.717) is 34.0 Å². The molecule has 0 radical (unpaired) electrons. The van der Waals surface area contributed by atoms with E-state index in [1.807, 2.05) is 35.0 Å². The van der Waals surface area contributed by atoms with E-state index in [1.54, 1.807) is 0 Å². The fourth-order valence-electron chi connectivity index (χ4n) is 6.22. The molecule has 4 aromatic heterocycles. The SMILES string of the molecule is O=C1c2oc(NC3CCCCC3)c(-c3cccs3)c2C(=O)c2oc(NC3CCCCC3)c(-c3cccs3)c21. The monoisotopic (exact) mass is 546 g/mol. The molecule has 2 saturated carbocycles. The Morgan fingerprint density at radius 1 is 0.605 bits per heavy atom. The molecule has 196 valence electrons. The van der Waals surface area contributed by atoms with Gasteiger partial charge in [0.25, 0.3) is 0 Å². The fraction of sp³-hybridized carbons (Fsp3) is 0.400. The van der Waals surface area contributed by atoms with Crippen molar-refractivity contribution in [2.45, 2.75) is 76.3 Å². The summed E-state index contributed by atoms with van der Waals surface area (Å²) in [6.07, 6.45) is 11.4. The van der Waals surface area contributed by atoms with E-state index in [1.165, 1.54) is 61.2 Å². The third kappa shape index (κ3) is 4.05. The molecule has 3 aliphatic rings. The van der Waals surface area contributed by atoms with E-state index in [4.69, 9.17) is 8.83 Å². The lowest BCUT2D eigenvalue weighted by atomic mass is 9.88. The number of nitrogens with one attached hydrogen (secondary N) is 2. The van der Waals surface area contributed by atoms with Crippen LogP contribution in [0.2, 0.25) is 0 Å². The van der Waals surface area contributed by atoms with Crippen LogP contribution in [0.25, 0.3) is 20.9 Å². The van der Waals surface area contributed by atoms with Gasteiger partial charge < -0.3 is 19.5 Å². The second-order valence-corrected chi connectivity index (χ2v) is 12.5. The summed E-state index contributed by atoms with van der Waals surface area (Å²) in [5, 5.41) is 11.1. The Balaban J connectivity index is 1.35. The first-order chi connectivity index (χ1) is 18.7. The maximum atomic E-state index is 14.1. The zero-order valence-electron chi connectivity index (χ0n) is 21.1. The number of furan rings is 2. The molecule has 7 rings (SSSR count). The van der Waals surface area contributed by atoms with Crippen LogP contribution >= 0.6 is 22.7 Å². The maximum Gasteiger partial charge on any atom is 0.233 e. The Morgan fingerprint density at radius 3 is 1.39 bits per heavy atom. The summed E-state index contributed by atoms with van der Waals surface area (Å²) in [7, 11) is 0. The second-order valence-electron chi connectivity index (χ2n) is 10.6. The molecule has 0 amide bonds. The fourth-order valence-corrected chi connectivity index (χ4v) is 7.77. The first-order valence-electron chi connectivity index (χ1n) is 13.7. The highest BCUT2D eigenvalue weighted by Crippen LogP contribution is 2.49. The molecule has 0 aromatic carbocycles. The Kier molecular flexibility index (Phi) is 6.24. The van der Waals surface area contributed by atoms with Crippen molar-refractivity contribution in [3.05, 3.63) is 57.7 Å². The van der Waals surface area contributed by atoms with Gasteiger partial charge in [-0.25, -0.2) is 0 Å². The summed E-state index contributed by atoms with van der Waals surface area (Å²) in [6, 6.07) is 8.40. The van der Waals surface area contributed by atoms with Gasteiger partial charge in [-0.2, -0.15) is 0 Å². The van der Waals surface area contributed by atoms with Crippen LogP contribution in [0, 0.1) is 0 Å². The summed E-state index contributed by atoms with van der Waals surface area (Å²) in [4.78, 5) is 30.1. The molecule has 2 fully saturated rings. The Hall–Kier alpha value is -3.10. The minimum atomic E-state index is -0.284. The van der Waals surface area contributed by atoms with Crippen molar-refractivity contribution in [3.63, 3.8) is 0 Å². The number of ketones is 2. The zero-order chi connectivity index (χ0) is 25.6. The summed E-state index contributed by atoms with van der Waals surface area (Å²) < 4.78 is 12.6. The van der Waals surface area contributed by atoms with E-state index in [9.17, 15) is 9.59 Å². The lowest BCUT2D eigenvalue weighted by Gasteiger charge is -2.23. The highest BCUT2D eigenvalue weighted by molar-refractivity contribution is 7.14. The van der Waals surface area contributed by atoms with Crippen molar-refractivity contribution in [2.24, 2.45) is 0 Å². The number of anilines is 2. The summed E-state index contributed by atoms with van der Waals surface area (Å²) in [6.45, 7) is 0. The third-order valence-electron chi connectivity index (χ3n) is 8.10. The average molecular weight is 547 g/mol. The topological polar surface area (TPSA) is 84.5 Å². The Morgan fingerprint density at radius 2 is 1.03 bits per heavy atom. The summed E-state index contributed by atoms with van der Waals surface area (Å²) in [5.74, 6) is 0.712. The zero-order valence-corrected chi connectivity index (χ0v) is 22.8. The minimum absolute atomic E-state index is 0.118. The molecule has 38 heavy (non-hydrogen) atoms. The van der Waals surface area contributed by atoms with Gasteiger partial charge in [0.05, 0.1) is 22.3 Å². The number of rotatable bonds is 6. The molecular formula is C30H30N2O4S2. The van der Waals surface area contributed by atoms with Crippen LogP contribution in [-0.2, 0) is 0 Å². The van der Waals surface area contributed by atoms with Crippen LogP contribution < -0.4 is 10.6 Å². The van der Waals surface area contributed by atoms with Crippen molar-refractivity contribution in [1.29, 1.82) is 0 Å². The van der Waals surface area contributed by atoms with Crippen molar-refractivity contribution in [3.8, 4) is 20.9 Å². The molecule has 0 saturated heterocycles. The van der Waals surface area contributed by atoms with Crippen LogP contribution in [0.3, 0.4) is 0 Å². The van der Waals surface area contributed by atoms with Gasteiger partial charge in [-0.05, 0) is 48.6 Å². The van der Waals surface area contributed by atoms with E-state index in [0.717, 1.165) is 35.4 Å². The van der Waals surface area contributed by atoms with Gasteiger partial charge in [-0.15, -0.1) is 22.7 Å². The van der Waals surface area contributed by atoms with Gasteiger partial charge in [-0.3, -0.25) is 9.59 Å². The molecule has 4 aromatic rings. The quantitative estimate of drug-likeness (QED) is 0.222. The van der Waals surface area contributed by atoms with E-state index >= 15 is 0 Å².